The molecule has 0 atom stereocenters. The Hall–Kier alpha value is -3.13. The molecule has 164 valence electrons. The molecule has 2 aliphatic rings. The Morgan fingerprint density at radius 3 is 2.71 bits per heavy atom. The van der Waals surface area contributed by atoms with E-state index in [-0.39, 0.29) is 0 Å². The van der Waals surface area contributed by atoms with E-state index in [0.29, 0.717) is 30.6 Å². The number of ether oxygens (including phenoxy) is 2. The normalized spacial score (nSPS) is 15.7. The van der Waals surface area contributed by atoms with Gasteiger partial charge in [0.05, 0.1) is 26.0 Å². The van der Waals surface area contributed by atoms with E-state index >= 15 is 0 Å². The zero-order chi connectivity index (χ0) is 21.5. The molecule has 31 heavy (non-hydrogen) atoms. The molecule has 8 nitrogen and oxygen atoms in total. The summed E-state index contributed by atoms with van der Waals surface area (Å²) in [5.74, 6) is 2.67. The minimum atomic E-state index is 0.508. The van der Waals surface area contributed by atoms with E-state index < -0.39 is 0 Å². The Labute approximate surface area is 183 Å². The molecule has 0 amide bonds. The molecule has 2 N–H and O–H groups in total. The van der Waals surface area contributed by atoms with Gasteiger partial charge in [0.2, 0.25) is 5.95 Å². The highest BCUT2D eigenvalue weighted by atomic mass is 16.5. The van der Waals surface area contributed by atoms with Gasteiger partial charge >= 0.3 is 0 Å². The number of methoxy groups -OCH3 is 1. The molecule has 2 aliphatic heterocycles. The average Bonchev–Trinajstić information content (AvgIpc) is 3.51. The molecule has 0 saturated carbocycles. The van der Waals surface area contributed by atoms with Crippen molar-refractivity contribution in [3.8, 4) is 11.5 Å². The van der Waals surface area contributed by atoms with Crippen LogP contribution in [-0.2, 0) is 0 Å². The first-order chi connectivity index (χ1) is 15.2. The number of nitrogens with zero attached hydrogens (tertiary/aromatic N) is 4. The highest BCUT2D eigenvalue weighted by Gasteiger charge is 2.13. The molecule has 0 unspecified atom stereocenters. The van der Waals surface area contributed by atoms with Gasteiger partial charge in [-0.15, -0.1) is 0 Å². The third-order valence-corrected chi connectivity index (χ3v) is 5.42. The molecule has 2 aromatic rings. The molecule has 1 aromatic heterocycles. The van der Waals surface area contributed by atoms with Gasteiger partial charge in [0, 0.05) is 43.2 Å². The highest BCUT2D eigenvalue weighted by Crippen LogP contribution is 2.31. The quantitative estimate of drug-likeness (QED) is 0.566. The first-order valence-electron chi connectivity index (χ1n) is 10.8. The van der Waals surface area contributed by atoms with Crippen molar-refractivity contribution in [2.24, 2.45) is 4.99 Å². The number of aromatic nitrogens is 2. The predicted octanol–water partition coefficient (Wildman–Crippen LogP) is 3.60. The lowest BCUT2D eigenvalue weighted by Gasteiger charge is -2.16. The Morgan fingerprint density at radius 2 is 1.97 bits per heavy atom. The van der Waals surface area contributed by atoms with Gasteiger partial charge in [-0.1, -0.05) is 6.08 Å². The number of benzene rings is 1. The fourth-order valence-electron chi connectivity index (χ4n) is 3.78. The van der Waals surface area contributed by atoms with E-state index in [1.54, 1.807) is 7.11 Å². The molecule has 1 fully saturated rings. The van der Waals surface area contributed by atoms with Gasteiger partial charge in [-0.3, -0.25) is 4.99 Å². The highest BCUT2D eigenvalue weighted by molar-refractivity contribution is 6.11. The van der Waals surface area contributed by atoms with Crippen molar-refractivity contribution in [3.63, 3.8) is 0 Å². The molecule has 0 spiro atoms. The summed E-state index contributed by atoms with van der Waals surface area (Å²) in [5, 5.41) is 6.38. The van der Waals surface area contributed by atoms with Gasteiger partial charge in [-0.25, -0.2) is 4.98 Å². The van der Waals surface area contributed by atoms with Crippen LogP contribution < -0.4 is 20.1 Å². The van der Waals surface area contributed by atoms with Crippen molar-refractivity contribution >= 4 is 29.2 Å². The summed E-state index contributed by atoms with van der Waals surface area (Å²) in [7, 11) is 3.50. The van der Waals surface area contributed by atoms with Crippen LogP contribution in [0.1, 0.15) is 25.0 Å². The van der Waals surface area contributed by atoms with E-state index in [1.165, 1.54) is 25.9 Å². The van der Waals surface area contributed by atoms with Gasteiger partial charge in [0.1, 0.15) is 5.82 Å². The van der Waals surface area contributed by atoms with Crippen LogP contribution in [0.3, 0.4) is 0 Å². The van der Waals surface area contributed by atoms with Crippen molar-refractivity contribution in [3.05, 3.63) is 36.0 Å². The number of anilines is 3. The van der Waals surface area contributed by atoms with E-state index in [0.717, 1.165) is 35.7 Å². The van der Waals surface area contributed by atoms with Crippen molar-refractivity contribution < 1.29 is 9.47 Å². The Kier molecular flexibility index (Phi) is 6.99. The van der Waals surface area contributed by atoms with Crippen molar-refractivity contribution in [2.45, 2.75) is 19.3 Å². The molecule has 8 heteroatoms. The third kappa shape index (κ3) is 5.52. The smallest absolute Gasteiger partial charge is 0.229 e. The first-order valence-corrected chi connectivity index (χ1v) is 10.8. The topological polar surface area (TPSA) is 83.9 Å². The summed E-state index contributed by atoms with van der Waals surface area (Å²) in [4.78, 5) is 15.9. The fraction of sp³-hybridized carbons (Fsp3) is 0.435. The molecule has 3 heterocycles. The monoisotopic (exact) mass is 422 g/mol. The van der Waals surface area contributed by atoms with Crippen LogP contribution in [0.25, 0.3) is 5.57 Å². The van der Waals surface area contributed by atoms with Crippen LogP contribution in [0.15, 0.2) is 35.3 Å². The number of allylic oxidation sites excluding steroid dienone is 1. The van der Waals surface area contributed by atoms with E-state index in [1.807, 2.05) is 43.6 Å². The van der Waals surface area contributed by atoms with Crippen LogP contribution in [0.4, 0.5) is 17.5 Å². The largest absolute Gasteiger partial charge is 0.493 e. The lowest BCUT2D eigenvalue weighted by Crippen LogP contribution is -2.21. The number of hydrogen-bond donors (Lipinski definition) is 2. The molecule has 1 aromatic carbocycles. The van der Waals surface area contributed by atoms with Gasteiger partial charge in [0.15, 0.2) is 11.5 Å². The van der Waals surface area contributed by atoms with Crippen LogP contribution >= 0.6 is 0 Å². The zero-order valence-electron chi connectivity index (χ0n) is 18.2. The maximum absolute atomic E-state index is 6.04. The standard InChI is InChI=1S/C23H30N6O2/c1-24-22-15-19(17-8-9-25-16-17)27-23(28-22)26-18-6-7-20(30-2)21(14-18)31-13-5-12-29-10-3-4-11-29/h6-8,14-16H,3-5,9-13H2,1-2H3,(H2,24,26,27,28). The number of likely N-dealkylation sites (tertiary alicyclic amines) is 1. The maximum atomic E-state index is 6.04. The summed E-state index contributed by atoms with van der Waals surface area (Å²) in [6.45, 7) is 4.83. The van der Waals surface area contributed by atoms with E-state index in [9.17, 15) is 0 Å². The second-order valence-electron chi connectivity index (χ2n) is 7.61. The lowest BCUT2D eigenvalue weighted by atomic mass is 10.2. The van der Waals surface area contributed by atoms with Gasteiger partial charge in [-0.05, 0) is 44.5 Å². The number of hydrogen-bond acceptors (Lipinski definition) is 8. The summed E-state index contributed by atoms with van der Waals surface area (Å²) in [6.07, 6.45) is 7.50. The van der Waals surface area contributed by atoms with Crippen LogP contribution in [-0.4, -0.2) is 68.0 Å². The molecule has 1 saturated heterocycles. The van der Waals surface area contributed by atoms with Crippen LogP contribution in [0.5, 0.6) is 11.5 Å². The molecule has 0 aliphatic carbocycles. The molecule has 0 bridgehead atoms. The summed E-state index contributed by atoms with van der Waals surface area (Å²) >= 11 is 0. The fourth-order valence-corrected chi connectivity index (χ4v) is 3.78. The number of nitrogens with one attached hydrogen (secondary N) is 2. The molecular weight excluding hydrogens is 392 g/mol. The SMILES string of the molecule is CNc1cc(C2=CCN=C2)nc(Nc2ccc(OC)c(OCCCN3CCCC3)c2)n1. The second kappa shape index (κ2) is 10.3. The summed E-state index contributed by atoms with van der Waals surface area (Å²) in [6, 6.07) is 7.67. The summed E-state index contributed by atoms with van der Waals surface area (Å²) < 4.78 is 11.5. The first kappa shape index (κ1) is 21.1. The Morgan fingerprint density at radius 1 is 1.10 bits per heavy atom. The minimum absolute atomic E-state index is 0.508. The molecule has 4 rings (SSSR count). The Balaban J connectivity index is 1.45. The second-order valence-corrected chi connectivity index (χ2v) is 7.61. The van der Waals surface area contributed by atoms with Gasteiger partial charge < -0.3 is 25.0 Å². The van der Waals surface area contributed by atoms with Crippen LogP contribution in [0.2, 0.25) is 0 Å². The zero-order valence-corrected chi connectivity index (χ0v) is 18.2. The van der Waals surface area contributed by atoms with E-state index in [4.69, 9.17) is 9.47 Å². The van der Waals surface area contributed by atoms with Crippen molar-refractivity contribution in [1.29, 1.82) is 0 Å². The average molecular weight is 423 g/mol. The third-order valence-electron chi connectivity index (χ3n) is 5.42. The summed E-state index contributed by atoms with van der Waals surface area (Å²) in [5.41, 5.74) is 2.66. The van der Waals surface area contributed by atoms with Crippen LogP contribution in [0, 0.1) is 0 Å². The molecular formula is C23H30N6O2. The predicted molar refractivity (Wildman–Crippen MR) is 125 cm³/mol. The lowest BCUT2D eigenvalue weighted by molar-refractivity contribution is 0.254. The molecule has 0 radical (unpaired) electrons. The Bertz CT molecular complexity index is 953. The number of aliphatic imine (C=N–C) groups is 1. The van der Waals surface area contributed by atoms with Crippen molar-refractivity contribution in [2.75, 3.05) is 57.6 Å². The van der Waals surface area contributed by atoms with Crippen molar-refractivity contribution in [1.82, 2.24) is 14.9 Å². The van der Waals surface area contributed by atoms with Gasteiger partial charge in [-0.2, -0.15) is 4.98 Å². The maximum Gasteiger partial charge on any atom is 0.229 e. The minimum Gasteiger partial charge on any atom is -0.493 e. The van der Waals surface area contributed by atoms with E-state index in [2.05, 4.69) is 30.5 Å². The van der Waals surface area contributed by atoms with Gasteiger partial charge in [0.25, 0.3) is 0 Å². The number of rotatable bonds is 10.